The number of carbonyl (C=O) groups is 3. The lowest BCUT2D eigenvalue weighted by Gasteiger charge is -2.49. The summed E-state index contributed by atoms with van der Waals surface area (Å²) >= 11 is 4.24. The number of thiazole rings is 1. The number of β-lactam (4-membered cyclic amide) rings is 1. The Labute approximate surface area is 221 Å². The summed E-state index contributed by atoms with van der Waals surface area (Å²) in [6.45, 7) is 0. The van der Waals surface area contributed by atoms with Crippen LogP contribution in [0.3, 0.4) is 0 Å². The van der Waals surface area contributed by atoms with E-state index in [1.807, 2.05) is 71.9 Å². The maximum atomic E-state index is 13.0. The molecule has 36 heavy (non-hydrogen) atoms. The number of amides is 2. The molecule has 0 saturated carbocycles. The van der Waals surface area contributed by atoms with E-state index in [1.54, 1.807) is 0 Å². The fourth-order valence-electron chi connectivity index (χ4n) is 3.93. The van der Waals surface area contributed by atoms with Gasteiger partial charge in [0, 0.05) is 33.7 Å². The molecule has 1 fully saturated rings. The summed E-state index contributed by atoms with van der Waals surface area (Å²) in [5.41, 5.74) is 2.77. The van der Waals surface area contributed by atoms with Gasteiger partial charge in [0.25, 0.3) is 5.91 Å². The van der Waals surface area contributed by atoms with Crippen molar-refractivity contribution in [3.05, 3.63) is 76.4 Å². The van der Waals surface area contributed by atoms with Crippen molar-refractivity contribution < 1.29 is 23.6 Å². The number of rotatable bonds is 7. The Morgan fingerprint density at radius 2 is 2.00 bits per heavy atom. The molecule has 2 atom stereocenters. The van der Waals surface area contributed by atoms with Crippen LogP contribution in [0.4, 0.5) is 0 Å². The summed E-state index contributed by atoms with van der Waals surface area (Å²) < 4.78 is 7.19. The molecule has 0 bridgehead atoms. The molecule has 2 aliphatic rings. The number of hydrogen-bond acceptors (Lipinski definition) is 8. The van der Waals surface area contributed by atoms with Crippen molar-refractivity contribution in [2.45, 2.75) is 22.2 Å². The summed E-state index contributed by atoms with van der Waals surface area (Å²) in [6.07, 6.45) is 4.06. The van der Waals surface area contributed by atoms with E-state index >= 15 is 0 Å². The van der Waals surface area contributed by atoms with E-state index in [0.717, 1.165) is 21.2 Å². The lowest BCUT2D eigenvalue weighted by molar-refractivity contribution is -0.671. The summed E-state index contributed by atoms with van der Waals surface area (Å²) in [6, 6.07) is 12.5. The first-order valence-corrected chi connectivity index (χ1v) is 13.7. The van der Waals surface area contributed by atoms with Crippen molar-refractivity contribution in [2.75, 3.05) is 5.75 Å². The Hall–Kier alpha value is -3.09. The molecule has 2 radical (unpaired) electrons. The second-order valence-electron chi connectivity index (χ2n) is 8.15. The number of hydrogen-bond donors (Lipinski definition) is 1. The molecular formula is C24H20BN4O4S3+. The SMILES string of the molecule is [B]OC(=O)C1=C(Sc2nc(-c3cc[n+](C)cc3)cs2)CS[C@@H]2[C@H](NC(=O)Cc3ccccc3)C(=O)N12. The predicted octanol–water partition coefficient (Wildman–Crippen LogP) is 2.21. The molecule has 4 heterocycles. The summed E-state index contributed by atoms with van der Waals surface area (Å²) in [5.74, 6) is -0.969. The minimum absolute atomic E-state index is 0.105. The largest absolute Gasteiger partial charge is 0.539 e. The Bertz CT molecular complexity index is 1350. The molecule has 180 valence electrons. The zero-order valence-corrected chi connectivity index (χ0v) is 21.6. The maximum absolute atomic E-state index is 13.0. The van der Waals surface area contributed by atoms with E-state index in [9.17, 15) is 14.4 Å². The monoisotopic (exact) mass is 535 g/mol. The highest BCUT2D eigenvalue weighted by molar-refractivity contribution is 8.07. The molecule has 1 N–H and O–H groups in total. The van der Waals surface area contributed by atoms with Crippen molar-refractivity contribution in [1.29, 1.82) is 0 Å². The second kappa shape index (κ2) is 10.5. The number of nitrogens with zero attached hydrogens (tertiary/aromatic N) is 3. The zero-order valence-electron chi connectivity index (χ0n) is 19.1. The number of pyridine rings is 1. The highest BCUT2D eigenvalue weighted by atomic mass is 32.2. The fourth-order valence-corrected chi connectivity index (χ4v) is 7.39. The molecule has 3 aromatic rings. The van der Waals surface area contributed by atoms with Gasteiger partial charge in [-0.05, 0) is 5.56 Å². The van der Waals surface area contributed by atoms with E-state index in [0.29, 0.717) is 10.7 Å². The van der Waals surface area contributed by atoms with Crippen molar-refractivity contribution in [1.82, 2.24) is 15.2 Å². The molecule has 5 rings (SSSR count). The normalized spacial score (nSPS) is 18.9. The van der Waals surface area contributed by atoms with E-state index in [-0.39, 0.29) is 23.9 Å². The summed E-state index contributed by atoms with van der Waals surface area (Å²) in [5, 5.41) is 4.35. The third kappa shape index (κ3) is 4.93. The van der Waals surface area contributed by atoms with Crippen LogP contribution in [0.2, 0.25) is 0 Å². The first-order valence-electron chi connectivity index (χ1n) is 11.0. The highest BCUT2D eigenvalue weighted by Crippen LogP contribution is 2.46. The first kappa shape index (κ1) is 24.6. The van der Waals surface area contributed by atoms with Gasteiger partial charge in [0.05, 0.1) is 12.1 Å². The molecule has 2 aromatic heterocycles. The van der Waals surface area contributed by atoms with Gasteiger partial charge < -0.3 is 9.97 Å². The lowest BCUT2D eigenvalue weighted by Crippen LogP contribution is -2.70. The van der Waals surface area contributed by atoms with E-state index < -0.39 is 17.4 Å². The van der Waals surface area contributed by atoms with Crippen LogP contribution in [-0.2, 0) is 32.5 Å². The average Bonchev–Trinajstić information content (AvgIpc) is 3.36. The molecule has 1 saturated heterocycles. The molecular weight excluding hydrogens is 515 g/mol. The lowest BCUT2D eigenvalue weighted by atomic mass is 10.0. The van der Waals surface area contributed by atoms with Crippen LogP contribution in [0.15, 0.2) is 75.2 Å². The van der Waals surface area contributed by atoms with Crippen LogP contribution in [0, 0.1) is 0 Å². The first-order chi connectivity index (χ1) is 17.4. The van der Waals surface area contributed by atoms with Crippen molar-refractivity contribution in [2.24, 2.45) is 7.05 Å². The second-order valence-corrected chi connectivity index (χ2v) is 11.5. The van der Waals surface area contributed by atoms with Gasteiger partial charge in [-0.3, -0.25) is 14.5 Å². The van der Waals surface area contributed by atoms with Crippen molar-refractivity contribution in [3.63, 3.8) is 0 Å². The number of carbonyl (C=O) groups excluding carboxylic acids is 3. The predicted molar refractivity (Wildman–Crippen MR) is 139 cm³/mol. The molecule has 0 aliphatic carbocycles. The van der Waals surface area contributed by atoms with Gasteiger partial charge in [-0.2, -0.15) is 0 Å². The Balaban J connectivity index is 1.32. The van der Waals surface area contributed by atoms with Gasteiger partial charge in [0.1, 0.15) is 24.2 Å². The van der Waals surface area contributed by atoms with E-state index in [2.05, 4.69) is 15.0 Å². The third-order valence-electron chi connectivity index (χ3n) is 5.73. The molecule has 0 unspecified atom stereocenters. The minimum Gasteiger partial charge on any atom is -0.539 e. The average molecular weight is 535 g/mol. The number of thioether (sulfide) groups is 2. The van der Waals surface area contributed by atoms with E-state index in [1.165, 1.54) is 39.8 Å². The molecule has 12 heteroatoms. The number of fused-ring (bicyclic) bond motifs is 1. The van der Waals surface area contributed by atoms with Crippen LogP contribution in [0.1, 0.15) is 5.56 Å². The van der Waals surface area contributed by atoms with Crippen LogP contribution in [0.5, 0.6) is 0 Å². The third-order valence-corrected chi connectivity index (χ3v) is 9.21. The van der Waals surface area contributed by atoms with Crippen LogP contribution >= 0.6 is 34.9 Å². The van der Waals surface area contributed by atoms with Gasteiger partial charge in [-0.25, -0.2) is 14.3 Å². The Morgan fingerprint density at radius 1 is 1.25 bits per heavy atom. The number of aryl methyl sites for hydroxylation is 1. The van der Waals surface area contributed by atoms with Crippen LogP contribution < -0.4 is 9.88 Å². The maximum Gasteiger partial charge on any atom is 0.378 e. The van der Waals surface area contributed by atoms with Crippen LogP contribution in [0.25, 0.3) is 11.3 Å². The van der Waals surface area contributed by atoms with Gasteiger partial charge >= 0.3 is 14.0 Å². The van der Waals surface area contributed by atoms with E-state index in [4.69, 9.17) is 8.05 Å². The standard InChI is InChI=1S/C24H19BN4O4S3/c1-28-9-7-15(8-10-28)16-12-35-24(26-16)36-17-13-34-22-19(21(31)29(22)20(17)23(32)33-25)27-18(30)11-14-5-3-2-4-6-14/h2-10,12,19,22H,11,13H2,1H3/p+1/t19-,22-/m1/s1. The van der Waals surface area contributed by atoms with Crippen molar-refractivity contribution >= 4 is 60.7 Å². The Kier molecular flexibility index (Phi) is 7.17. The van der Waals surface area contributed by atoms with Gasteiger partial charge in [-0.1, -0.05) is 42.1 Å². The summed E-state index contributed by atoms with van der Waals surface area (Å²) in [4.78, 5) is 44.8. The van der Waals surface area contributed by atoms with Gasteiger partial charge in [0.2, 0.25) is 5.91 Å². The Morgan fingerprint density at radius 3 is 2.72 bits per heavy atom. The number of nitrogens with one attached hydrogen (secondary N) is 1. The molecule has 1 aromatic carbocycles. The smallest absolute Gasteiger partial charge is 0.378 e. The molecule has 8 nitrogen and oxygen atoms in total. The quantitative estimate of drug-likeness (QED) is 0.282. The number of aromatic nitrogens is 2. The molecule has 0 spiro atoms. The van der Waals surface area contributed by atoms with Gasteiger partial charge in [0.15, 0.2) is 16.7 Å². The molecule has 2 aliphatic heterocycles. The highest BCUT2D eigenvalue weighted by Gasteiger charge is 2.54. The number of benzene rings is 1. The minimum atomic E-state index is -0.794. The topological polar surface area (TPSA) is 92.5 Å². The molecule has 2 amide bonds. The zero-order chi connectivity index (χ0) is 25.2. The summed E-state index contributed by atoms with van der Waals surface area (Å²) in [7, 11) is 7.15. The van der Waals surface area contributed by atoms with Crippen molar-refractivity contribution in [3.8, 4) is 11.3 Å². The van der Waals surface area contributed by atoms with Crippen LogP contribution in [-0.4, -0.2) is 52.9 Å². The van der Waals surface area contributed by atoms with Gasteiger partial charge in [-0.15, -0.1) is 23.1 Å². The fraction of sp³-hybridized carbons (Fsp3) is 0.208.